The number of rotatable bonds is 51. The highest BCUT2D eigenvalue weighted by atomic mass is 16.6. The molecule has 0 aromatic heterocycles. The molecule has 0 heterocycles. The van der Waals surface area contributed by atoms with Gasteiger partial charge in [-0.1, -0.05) is 248 Å². The van der Waals surface area contributed by atoms with Crippen LogP contribution in [-0.4, -0.2) is 37.2 Å². The monoisotopic (exact) mass is 923 g/mol. The van der Waals surface area contributed by atoms with Crippen molar-refractivity contribution in [2.75, 3.05) is 13.2 Å². The van der Waals surface area contributed by atoms with Crippen molar-refractivity contribution >= 4 is 17.9 Å². The first-order valence-corrected chi connectivity index (χ1v) is 28.3. The molecule has 1 unspecified atom stereocenters. The Labute approximate surface area is 409 Å². The highest BCUT2D eigenvalue weighted by Gasteiger charge is 2.19. The maximum atomic E-state index is 12.8. The molecule has 382 valence electrons. The summed E-state index contributed by atoms with van der Waals surface area (Å²) in [6.45, 7) is 6.51. The van der Waals surface area contributed by atoms with Crippen LogP contribution in [-0.2, 0) is 28.6 Å². The highest BCUT2D eigenvalue weighted by Crippen LogP contribution is 2.16. The van der Waals surface area contributed by atoms with Crippen LogP contribution in [0.15, 0.2) is 60.8 Å². The first-order valence-electron chi connectivity index (χ1n) is 28.3. The average Bonchev–Trinajstić information content (AvgIpc) is 3.31. The van der Waals surface area contributed by atoms with E-state index in [0.29, 0.717) is 19.3 Å². The minimum absolute atomic E-state index is 0.0781. The van der Waals surface area contributed by atoms with Crippen LogP contribution >= 0.6 is 0 Å². The second-order valence-corrected chi connectivity index (χ2v) is 18.9. The molecule has 0 aliphatic rings. The van der Waals surface area contributed by atoms with Gasteiger partial charge in [-0.2, -0.15) is 0 Å². The Bertz CT molecular complexity index is 1200. The van der Waals surface area contributed by atoms with Crippen LogP contribution in [0, 0.1) is 0 Å². The van der Waals surface area contributed by atoms with Gasteiger partial charge in [-0.3, -0.25) is 14.4 Å². The maximum absolute atomic E-state index is 12.8. The van der Waals surface area contributed by atoms with E-state index in [1.807, 2.05) is 0 Å². The first kappa shape index (κ1) is 63.1. The van der Waals surface area contributed by atoms with Crippen molar-refractivity contribution in [3.05, 3.63) is 60.8 Å². The largest absolute Gasteiger partial charge is 0.462 e. The fourth-order valence-corrected chi connectivity index (χ4v) is 8.04. The molecule has 0 bridgehead atoms. The molecule has 0 aromatic carbocycles. The van der Waals surface area contributed by atoms with Crippen LogP contribution in [0.3, 0.4) is 0 Å². The standard InChI is InChI=1S/C60H106O6/c1-4-7-10-13-16-19-22-25-28-29-30-31-33-35-38-41-44-47-50-53-59(62)65-56-57(55-64-58(61)52-49-46-43-40-37-34-27-24-21-18-15-12-9-6-3)66-60(63)54-51-48-45-42-39-36-32-26-23-20-17-14-11-8-5-2/h7,10,16-17,19-20,23,25-26,28,57H,4-6,8-9,11-15,18,21-22,24,27,29-56H2,1-3H3/b10-7-,19-16-,20-17-,26-23-,28-25-. The molecule has 0 spiro atoms. The summed E-state index contributed by atoms with van der Waals surface area (Å²) < 4.78 is 16.9. The molecule has 66 heavy (non-hydrogen) atoms. The fourth-order valence-electron chi connectivity index (χ4n) is 8.04. The van der Waals surface area contributed by atoms with E-state index < -0.39 is 6.10 Å². The zero-order valence-corrected chi connectivity index (χ0v) is 43.7. The molecule has 0 saturated heterocycles. The third-order valence-electron chi connectivity index (χ3n) is 12.3. The number of hydrogen-bond donors (Lipinski definition) is 0. The molecule has 0 aromatic rings. The summed E-state index contributed by atoms with van der Waals surface area (Å²) in [7, 11) is 0. The van der Waals surface area contributed by atoms with Crippen molar-refractivity contribution in [1.29, 1.82) is 0 Å². The maximum Gasteiger partial charge on any atom is 0.306 e. The SMILES string of the molecule is CC/C=C\C/C=C\C/C=C\CCCCCCCCCCCC(=O)OCC(COC(=O)CCCCCCCCCCCCCCCC)OC(=O)CCCCCCCC/C=C\C=C/CCCCC. The Hall–Kier alpha value is -2.89. The van der Waals surface area contributed by atoms with Gasteiger partial charge in [0.15, 0.2) is 6.10 Å². The van der Waals surface area contributed by atoms with E-state index in [-0.39, 0.29) is 31.1 Å². The van der Waals surface area contributed by atoms with E-state index in [1.165, 1.54) is 161 Å². The Morgan fingerprint density at radius 2 is 0.636 bits per heavy atom. The Morgan fingerprint density at radius 3 is 1.05 bits per heavy atom. The number of hydrogen-bond acceptors (Lipinski definition) is 6. The summed E-state index contributed by atoms with van der Waals surface area (Å²) in [6, 6.07) is 0. The van der Waals surface area contributed by atoms with Crippen LogP contribution in [0.25, 0.3) is 0 Å². The van der Waals surface area contributed by atoms with Crippen molar-refractivity contribution in [2.24, 2.45) is 0 Å². The molecule has 0 N–H and O–H groups in total. The summed E-state index contributed by atoms with van der Waals surface area (Å²) in [5, 5.41) is 0. The zero-order chi connectivity index (χ0) is 47.9. The Balaban J connectivity index is 4.37. The quantitative estimate of drug-likeness (QED) is 0.0199. The van der Waals surface area contributed by atoms with E-state index in [1.54, 1.807) is 0 Å². The van der Waals surface area contributed by atoms with E-state index in [2.05, 4.69) is 81.5 Å². The van der Waals surface area contributed by atoms with Gasteiger partial charge in [0.05, 0.1) is 0 Å². The van der Waals surface area contributed by atoms with Gasteiger partial charge in [0.1, 0.15) is 13.2 Å². The van der Waals surface area contributed by atoms with Crippen molar-refractivity contribution < 1.29 is 28.6 Å². The highest BCUT2D eigenvalue weighted by molar-refractivity contribution is 5.71. The molecular weight excluding hydrogens is 817 g/mol. The van der Waals surface area contributed by atoms with E-state index in [4.69, 9.17) is 14.2 Å². The van der Waals surface area contributed by atoms with Crippen molar-refractivity contribution in [1.82, 2.24) is 0 Å². The second-order valence-electron chi connectivity index (χ2n) is 18.9. The van der Waals surface area contributed by atoms with Crippen molar-refractivity contribution in [3.8, 4) is 0 Å². The molecule has 0 rings (SSSR count). The van der Waals surface area contributed by atoms with E-state index in [0.717, 1.165) is 83.5 Å². The molecule has 0 saturated carbocycles. The van der Waals surface area contributed by atoms with E-state index >= 15 is 0 Å². The van der Waals surface area contributed by atoms with Gasteiger partial charge in [-0.25, -0.2) is 0 Å². The van der Waals surface area contributed by atoms with Gasteiger partial charge in [0.25, 0.3) is 0 Å². The lowest BCUT2D eigenvalue weighted by molar-refractivity contribution is -0.167. The normalized spacial score (nSPS) is 12.5. The van der Waals surface area contributed by atoms with Crippen LogP contribution < -0.4 is 0 Å². The number of carbonyl (C=O) groups is 3. The van der Waals surface area contributed by atoms with Crippen LogP contribution in [0.4, 0.5) is 0 Å². The third-order valence-corrected chi connectivity index (χ3v) is 12.3. The molecule has 6 nitrogen and oxygen atoms in total. The summed E-state index contributed by atoms with van der Waals surface area (Å²) in [5.74, 6) is -0.884. The van der Waals surface area contributed by atoms with Gasteiger partial charge >= 0.3 is 17.9 Å². The predicted molar refractivity (Wildman–Crippen MR) is 284 cm³/mol. The zero-order valence-electron chi connectivity index (χ0n) is 43.7. The summed E-state index contributed by atoms with van der Waals surface area (Å²) >= 11 is 0. The van der Waals surface area contributed by atoms with Gasteiger partial charge in [0, 0.05) is 19.3 Å². The van der Waals surface area contributed by atoms with Gasteiger partial charge in [-0.15, -0.1) is 0 Å². The molecule has 0 amide bonds. The molecule has 0 aliphatic heterocycles. The van der Waals surface area contributed by atoms with Gasteiger partial charge in [-0.05, 0) is 77.0 Å². The van der Waals surface area contributed by atoms with Crippen LogP contribution in [0.1, 0.15) is 284 Å². The van der Waals surface area contributed by atoms with Gasteiger partial charge < -0.3 is 14.2 Å². The Kier molecular flexibility index (Phi) is 52.3. The smallest absolute Gasteiger partial charge is 0.306 e. The molecule has 0 aliphatic carbocycles. The summed E-state index contributed by atoms with van der Waals surface area (Å²) in [5.41, 5.74) is 0. The minimum atomic E-state index is -0.780. The number of esters is 3. The molecule has 0 radical (unpaired) electrons. The molecule has 1 atom stereocenters. The first-order chi connectivity index (χ1) is 32.5. The lowest BCUT2D eigenvalue weighted by atomic mass is 10.0. The third kappa shape index (κ3) is 52.1. The Morgan fingerprint density at radius 1 is 0.333 bits per heavy atom. The molecule has 6 heteroatoms. The molecular formula is C60H106O6. The molecule has 0 fully saturated rings. The summed E-state index contributed by atoms with van der Waals surface area (Å²) in [4.78, 5) is 38.1. The van der Waals surface area contributed by atoms with Crippen molar-refractivity contribution in [2.45, 2.75) is 290 Å². The number of ether oxygens (including phenoxy) is 3. The second kappa shape index (κ2) is 54.7. The number of unbranched alkanes of at least 4 members (excludes halogenated alkanes) is 31. The lowest BCUT2D eigenvalue weighted by Gasteiger charge is -2.18. The minimum Gasteiger partial charge on any atom is -0.462 e. The predicted octanol–water partition coefficient (Wildman–Crippen LogP) is 18.8. The van der Waals surface area contributed by atoms with Crippen molar-refractivity contribution in [3.63, 3.8) is 0 Å². The fraction of sp³-hybridized carbons (Fsp3) is 0.783. The number of allylic oxidation sites excluding steroid dienone is 10. The topological polar surface area (TPSA) is 78.9 Å². The summed E-state index contributed by atoms with van der Waals surface area (Å²) in [6.07, 6.45) is 67.7. The average molecular weight is 924 g/mol. The number of carbonyl (C=O) groups excluding carboxylic acids is 3. The van der Waals surface area contributed by atoms with Crippen LogP contribution in [0.2, 0.25) is 0 Å². The van der Waals surface area contributed by atoms with Crippen LogP contribution in [0.5, 0.6) is 0 Å². The van der Waals surface area contributed by atoms with E-state index in [9.17, 15) is 14.4 Å². The lowest BCUT2D eigenvalue weighted by Crippen LogP contribution is -2.30. The van der Waals surface area contributed by atoms with Gasteiger partial charge in [0.2, 0.25) is 0 Å².